The summed E-state index contributed by atoms with van der Waals surface area (Å²) in [5.74, 6) is 0.666. The van der Waals surface area contributed by atoms with E-state index in [9.17, 15) is 4.79 Å². The van der Waals surface area contributed by atoms with Gasteiger partial charge < -0.3 is 20.8 Å². The monoisotopic (exact) mass is 416 g/mol. The van der Waals surface area contributed by atoms with Crippen molar-refractivity contribution in [3.63, 3.8) is 0 Å². The van der Waals surface area contributed by atoms with Gasteiger partial charge in [0.2, 0.25) is 0 Å². The summed E-state index contributed by atoms with van der Waals surface area (Å²) in [6.07, 6.45) is 3.67. The number of imidazole rings is 1. The van der Waals surface area contributed by atoms with Gasteiger partial charge in [0.25, 0.3) is 0 Å². The number of benzene rings is 2. The molecule has 3 aromatic rings. The standard InChI is InChI=1S/C22H28N4O2.ClH/c23-12-4-5-14-26-20-11-10-18(15-19(20)25-21(26)9-6-13-24)22(27)28-16-17-7-2-1-3-8-17;/h1-3,7-8,10-11,15H,4-6,9,12-14,16,23-24H2;1H. The number of aryl methyl sites for hydroxylation is 2. The van der Waals surface area contributed by atoms with Crippen LogP contribution in [0.15, 0.2) is 48.5 Å². The molecule has 0 fully saturated rings. The molecular weight excluding hydrogens is 388 g/mol. The quantitative estimate of drug-likeness (QED) is 0.389. The normalized spacial score (nSPS) is 10.7. The van der Waals surface area contributed by atoms with Gasteiger partial charge in [-0.25, -0.2) is 9.78 Å². The van der Waals surface area contributed by atoms with Crippen molar-refractivity contribution in [1.82, 2.24) is 9.55 Å². The van der Waals surface area contributed by atoms with Gasteiger partial charge >= 0.3 is 5.97 Å². The lowest BCUT2D eigenvalue weighted by molar-refractivity contribution is 0.0473. The van der Waals surface area contributed by atoms with Crippen LogP contribution in [0.25, 0.3) is 11.0 Å². The zero-order valence-corrected chi connectivity index (χ0v) is 17.4. The number of hydrogen-bond acceptors (Lipinski definition) is 5. The van der Waals surface area contributed by atoms with Gasteiger partial charge in [-0.1, -0.05) is 30.3 Å². The number of carbonyl (C=O) groups excluding carboxylic acids is 1. The number of ether oxygens (including phenoxy) is 1. The summed E-state index contributed by atoms with van der Waals surface area (Å²) in [6.45, 7) is 2.43. The topological polar surface area (TPSA) is 96.2 Å². The van der Waals surface area contributed by atoms with Crippen LogP contribution in [0.5, 0.6) is 0 Å². The number of rotatable bonds is 10. The van der Waals surface area contributed by atoms with Crippen LogP contribution in [-0.2, 0) is 24.3 Å². The SMILES string of the molecule is Cl.NCCCCn1c(CCCN)nc2cc(C(=O)OCc3ccccc3)ccc21. The van der Waals surface area contributed by atoms with E-state index in [-0.39, 0.29) is 25.0 Å². The zero-order chi connectivity index (χ0) is 19.8. The lowest BCUT2D eigenvalue weighted by atomic mass is 10.2. The first-order chi connectivity index (χ1) is 13.7. The van der Waals surface area contributed by atoms with Gasteiger partial charge in [0, 0.05) is 13.0 Å². The molecule has 0 radical (unpaired) electrons. The molecule has 0 spiro atoms. The molecule has 0 saturated carbocycles. The number of hydrogen-bond donors (Lipinski definition) is 2. The molecule has 0 saturated heterocycles. The summed E-state index contributed by atoms with van der Waals surface area (Å²) in [6, 6.07) is 15.2. The molecule has 0 aliphatic heterocycles. The number of esters is 1. The molecule has 0 atom stereocenters. The maximum Gasteiger partial charge on any atom is 0.338 e. The summed E-state index contributed by atoms with van der Waals surface area (Å²) in [4.78, 5) is 17.2. The fourth-order valence-corrected chi connectivity index (χ4v) is 3.23. The van der Waals surface area contributed by atoms with Crippen molar-refractivity contribution in [2.75, 3.05) is 13.1 Å². The summed E-state index contributed by atoms with van der Waals surface area (Å²) >= 11 is 0. The smallest absolute Gasteiger partial charge is 0.338 e. The van der Waals surface area contributed by atoms with Crippen LogP contribution >= 0.6 is 12.4 Å². The minimum atomic E-state index is -0.341. The Morgan fingerprint density at radius 3 is 2.48 bits per heavy atom. The molecule has 2 aromatic carbocycles. The molecule has 0 aliphatic carbocycles. The van der Waals surface area contributed by atoms with Gasteiger partial charge in [0.05, 0.1) is 16.6 Å². The Labute approximate surface area is 177 Å². The highest BCUT2D eigenvalue weighted by Gasteiger charge is 2.14. The summed E-state index contributed by atoms with van der Waals surface area (Å²) in [7, 11) is 0. The second-order valence-electron chi connectivity index (χ2n) is 6.83. The first-order valence-corrected chi connectivity index (χ1v) is 9.83. The van der Waals surface area contributed by atoms with Crippen molar-refractivity contribution < 1.29 is 9.53 Å². The minimum absolute atomic E-state index is 0. The maximum atomic E-state index is 12.4. The fourth-order valence-electron chi connectivity index (χ4n) is 3.23. The van der Waals surface area contributed by atoms with E-state index in [1.54, 1.807) is 0 Å². The lowest BCUT2D eigenvalue weighted by Gasteiger charge is -2.09. The Hall–Kier alpha value is -2.41. The predicted octanol–water partition coefficient (Wildman–Crippen LogP) is 3.45. The molecule has 29 heavy (non-hydrogen) atoms. The highest BCUT2D eigenvalue weighted by molar-refractivity contribution is 5.93. The van der Waals surface area contributed by atoms with E-state index in [4.69, 9.17) is 21.2 Å². The summed E-state index contributed by atoms with van der Waals surface area (Å²) in [5, 5.41) is 0. The first kappa shape index (κ1) is 22.9. The molecule has 6 nitrogen and oxygen atoms in total. The second-order valence-corrected chi connectivity index (χ2v) is 6.83. The molecule has 7 heteroatoms. The van der Waals surface area contributed by atoms with Gasteiger partial charge in [0.1, 0.15) is 12.4 Å². The fraction of sp³-hybridized carbons (Fsp3) is 0.364. The third-order valence-electron chi connectivity index (χ3n) is 4.72. The third kappa shape index (κ3) is 6.03. The van der Waals surface area contributed by atoms with E-state index in [1.165, 1.54) is 0 Å². The molecule has 0 aliphatic rings. The third-order valence-corrected chi connectivity index (χ3v) is 4.72. The highest BCUT2D eigenvalue weighted by Crippen LogP contribution is 2.21. The largest absolute Gasteiger partial charge is 0.457 e. The number of fused-ring (bicyclic) bond motifs is 1. The van der Waals surface area contributed by atoms with Crippen molar-refractivity contribution >= 4 is 29.4 Å². The number of nitrogens with zero attached hydrogens (tertiary/aromatic N) is 2. The van der Waals surface area contributed by atoms with Gasteiger partial charge in [-0.3, -0.25) is 0 Å². The van der Waals surface area contributed by atoms with Crippen LogP contribution < -0.4 is 11.5 Å². The Bertz CT molecular complexity index is 912. The van der Waals surface area contributed by atoms with Crippen LogP contribution in [0, 0.1) is 0 Å². The lowest BCUT2D eigenvalue weighted by Crippen LogP contribution is -2.09. The predicted molar refractivity (Wildman–Crippen MR) is 118 cm³/mol. The molecule has 0 unspecified atom stereocenters. The highest BCUT2D eigenvalue weighted by atomic mass is 35.5. The first-order valence-electron chi connectivity index (χ1n) is 9.83. The van der Waals surface area contributed by atoms with Crippen molar-refractivity contribution in [2.24, 2.45) is 11.5 Å². The average molecular weight is 417 g/mol. The average Bonchev–Trinajstić information content (AvgIpc) is 3.08. The Balaban J connectivity index is 0.00000300. The van der Waals surface area contributed by atoms with Crippen LogP contribution in [0.4, 0.5) is 0 Å². The Morgan fingerprint density at radius 2 is 1.76 bits per heavy atom. The molecule has 156 valence electrons. The molecular formula is C22H29ClN4O2. The molecule has 1 heterocycles. The number of unbranched alkanes of at least 4 members (excludes halogenated alkanes) is 1. The summed E-state index contributed by atoms with van der Waals surface area (Å²) in [5.41, 5.74) is 14.6. The minimum Gasteiger partial charge on any atom is -0.457 e. The van der Waals surface area contributed by atoms with E-state index in [1.807, 2.05) is 48.5 Å². The van der Waals surface area contributed by atoms with Gasteiger partial charge in [0.15, 0.2) is 0 Å². The Kier molecular flexibility index (Phi) is 9.12. The van der Waals surface area contributed by atoms with E-state index < -0.39 is 0 Å². The van der Waals surface area contributed by atoms with Crippen molar-refractivity contribution in [2.45, 2.75) is 38.8 Å². The van der Waals surface area contributed by atoms with Crippen LogP contribution in [-0.4, -0.2) is 28.6 Å². The van der Waals surface area contributed by atoms with Crippen molar-refractivity contribution in [1.29, 1.82) is 0 Å². The molecule has 3 rings (SSSR count). The van der Waals surface area contributed by atoms with E-state index in [2.05, 4.69) is 4.57 Å². The maximum absolute atomic E-state index is 12.4. The number of nitrogens with two attached hydrogens (primary N) is 2. The number of halogens is 1. The van der Waals surface area contributed by atoms with Crippen molar-refractivity contribution in [3.05, 3.63) is 65.5 Å². The number of carbonyl (C=O) groups is 1. The summed E-state index contributed by atoms with van der Waals surface area (Å²) < 4.78 is 7.66. The van der Waals surface area contributed by atoms with Crippen LogP contribution in [0.2, 0.25) is 0 Å². The molecule has 0 bridgehead atoms. The van der Waals surface area contributed by atoms with Crippen molar-refractivity contribution in [3.8, 4) is 0 Å². The molecule has 1 aromatic heterocycles. The van der Waals surface area contributed by atoms with Gasteiger partial charge in [-0.15, -0.1) is 12.4 Å². The van der Waals surface area contributed by atoms with Crippen LogP contribution in [0.3, 0.4) is 0 Å². The van der Waals surface area contributed by atoms with Gasteiger partial charge in [-0.2, -0.15) is 0 Å². The van der Waals surface area contributed by atoms with E-state index in [0.717, 1.165) is 54.6 Å². The van der Waals surface area contributed by atoms with Gasteiger partial charge in [-0.05, 0) is 56.1 Å². The van der Waals surface area contributed by atoms with Crippen LogP contribution in [0.1, 0.15) is 41.0 Å². The Morgan fingerprint density at radius 1 is 1.00 bits per heavy atom. The second kappa shape index (κ2) is 11.6. The van der Waals surface area contributed by atoms with E-state index >= 15 is 0 Å². The zero-order valence-electron chi connectivity index (χ0n) is 16.5. The molecule has 4 N–H and O–H groups in total. The van der Waals surface area contributed by atoms with E-state index in [0.29, 0.717) is 18.7 Å². The number of aromatic nitrogens is 2. The molecule has 0 amide bonds.